The van der Waals surface area contributed by atoms with Gasteiger partial charge in [0.1, 0.15) is 11.5 Å². The number of carbonyl (C=O) groups is 2. The second-order valence-corrected chi connectivity index (χ2v) is 7.01. The Bertz CT molecular complexity index is 782. The summed E-state index contributed by atoms with van der Waals surface area (Å²) in [5.41, 5.74) is 5.60. The Morgan fingerprint density at radius 2 is 1.73 bits per heavy atom. The zero-order valence-electron chi connectivity index (χ0n) is 14.9. The van der Waals surface area contributed by atoms with Gasteiger partial charge in [-0.05, 0) is 50.2 Å². The lowest BCUT2D eigenvalue weighted by atomic mass is 10.1. The molecular formula is C20H23N3O3. The topological polar surface area (TPSA) is 84.7 Å². The summed E-state index contributed by atoms with van der Waals surface area (Å²) in [6, 6.07) is 16.6. The number of rotatable bonds is 5. The number of hydrogen-bond acceptors (Lipinski definition) is 4. The van der Waals surface area contributed by atoms with E-state index in [1.54, 1.807) is 18.7 Å². The first kappa shape index (κ1) is 17.9. The Morgan fingerprint density at radius 3 is 2.35 bits per heavy atom. The molecule has 26 heavy (non-hydrogen) atoms. The first-order chi connectivity index (χ1) is 12.3. The van der Waals surface area contributed by atoms with Gasteiger partial charge in [0, 0.05) is 18.7 Å². The molecule has 2 aromatic rings. The molecule has 0 saturated carbocycles. The van der Waals surface area contributed by atoms with Gasteiger partial charge in [0.2, 0.25) is 11.8 Å². The van der Waals surface area contributed by atoms with Crippen LogP contribution in [0.1, 0.15) is 20.3 Å². The number of benzene rings is 2. The first-order valence-corrected chi connectivity index (χ1v) is 8.56. The SMILES string of the molecule is CC(C)(N)C(=O)NC1CC(=O)N(c2ccc(Oc3ccccc3)cc2)C1. The number of nitrogens with two attached hydrogens (primary N) is 1. The fraction of sp³-hybridized carbons (Fsp3) is 0.300. The fourth-order valence-corrected chi connectivity index (χ4v) is 2.74. The second kappa shape index (κ2) is 7.17. The largest absolute Gasteiger partial charge is 0.457 e. The smallest absolute Gasteiger partial charge is 0.239 e. The molecule has 1 fully saturated rings. The number of nitrogens with zero attached hydrogens (tertiary/aromatic N) is 1. The van der Waals surface area contributed by atoms with Crippen molar-refractivity contribution in [2.24, 2.45) is 5.73 Å². The molecule has 6 nitrogen and oxygen atoms in total. The van der Waals surface area contributed by atoms with Gasteiger partial charge in [0.15, 0.2) is 0 Å². The minimum Gasteiger partial charge on any atom is -0.457 e. The Hall–Kier alpha value is -2.86. The molecule has 136 valence electrons. The quantitative estimate of drug-likeness (QED) is 0.865. The maximum absolute atomic E-state index is 12.3. The maximum atomic E-state index is 12.3. The Kier molecular flexibility index (Phi) is 4.95. The highest BCUT2D eigenvalue weighted by molar-refractivity contribution is 5.97. The third-order valence-electron chi connectivity index (χ3n) is 4.17. The second-order valence-electron chi connectivity index (χ2n) is 7.01. The van der Waals surface area contributed by atoms with Gasteiger partial charge in [-0.2, -0.15) is 0 Å². The number of ether oxygens (including phenoxy) is 1. The lowest BCUT2D eigenvalue weighted by molar-refractivity contribution is -0.125. The summed E-state index contributed by atoms with van der Waals surface area (Å²) < 4.78 is 5.76. The molecule has 1 aliphatic heterocycles. The van der Waals surface area contributed by atoms with Crippen molar-refractivity contribution in [1.29, 1.82) is 0 Å². The summed E-state index contributed by atoms with van der Waals surface area (Å²) in [7, 11) is 0. The zero-order valence-corrected chi connectivity index (χ0v) is 14.9. The summed E-state index contributed by atoms with van der Waals surface area (Å²) in [4.78, 5) is 26.0. The number of anilines is 1. The van der Waals surface area contributed by atoms with E-state index in [0.29, 0.717) is 12.3 Å². The highest BCUT2D eigenvalue weighted by Crippen LogP contribution is 2.27. The molecule has 0 bridgehead atoms. The molecule has 1 atom stereocenters. The van der Waals surface area contributed by atoms with Gasteiger partial charge < -0.3 is 20.7 Å². The summed E-state index contributed by atoms with van der Waals surface area (Å²) in [5, 5.41) is 2.84. The number of hydrogen-bond donors (Lipinski definition) is 2. The van der Waals surface area contributed by atoms with Gasteiger partial charge in [-0.1, -0.05) is 18.2 Å². The standard InChI is InChI=1S/C20H23N3O3/c1-20(2,21)19(25)22-14-12-18(24)23(13-14)15-8-10-17(11-9-15)26-16-6-4-3-5-7-16/h3-11,14H,12-13,21H2,1-2H3,(H,22,25). The Labute approximate surface area is 152 Å². The average molecular weight is 353 g/mol. The van der Waals surface area contributed by atoms with Gasteiger partial charge in [-0.25, -0.2) is 0 Å². The van der Waals surface area contributed by atoms with Crippen molar-refractivity contribution in [3.8, 4) is 11.5 Å². The molecule has 1 saturated heterocycles. The van der Waals surface area contributed by atoms with E-state index < -0.39 is 5.54 Å². The molecule has 1 unspecified atom stereocenters. The van der Waals surface area contributed by atoms with Crippen LogP contribution in [0.4, 0.5) is 5.69 Å². The lowest BCUT2D eigenvalue weighted by Gasteiger charge is -2.22. The van der Waals surface area contributed by atoms with Crippen molar-refractivity contribution in [3.05, 3.63) is 54.6 Å². The van der Waals surface area contributed by atoms with Crippen LogP contribution >= 0.6 is 0 Å². The van der Waals surface area contributed by atoms with Crippen molar-refractivity contribution in [2.75, 3.05) is 11.4 Å². The summed E-state index contributed by atoms with van der Waals surface area (Å²) >= 11 is 0. The number of carbonyl (C=O) groups excluding carboxylic acids is 2. The van der Waals surface area contributed by atoms with E-state index in [1.807, 2.05) is 54.6 Å². The van der Waals surface area contributed by atoms with E-state index in [1.165, 1.54) is 0 Å². The molecule has 0 radical (unpaired) electrons. The third-order valence-corrected chi connectivity index (χ3v) is 4.17. The van der Waals surface area contributed by atoms with Gasteiger partial charge in [0.25, 0.3) is 0 Å². The van der Waals surface area contributed by atoms with Crippen LogP contribution in [0.3, 0.4) is 0 Å². The molecule has 3 rings (SSSR count). The predicted molar refractivity (Wildman–Crippen MR) is 100 cm³/mol. The molecule has 0 spiro atoms. The van der Waals surface area contributed by atoms with E-state index in [-0.39, 0.29) is 24.3 Å². The minimum atomic E-state index is -0.965. The summed E-state index contributed by atoms with van der Waals surface area (Å²) in [5.74, 6) is 1.16. The van der Waals surface area contributed by atoms with Crippen molar-refractivity contribution < 1.29 is 14.3 Å². The molecule has 0 aliphatic carbocycles. The van der Waals surface area contributed by atoms with Crippen LogP contribution in [-0.4, -0.2) is 29.9 Å². The van der Waals surface area contributed by atoms with Crippen molar-refractivity contribution in [1.82, 2.24) is 5.32 Å². The Morgan fingerprint density at radius 1 is 1.12 bits per heavy atom. The van der Waals surface area contributed by atoms with Crippen molar-refractivity contribution in [3.63, 3.8) is 0 Å². The van der Waals surface area contributed by atoms with Crippen molar-refractivity contribution in [2.45, 2.75) is 31.8 Å². The summed E-state index contributed by atoms with van der Waals surface area (Å²) in [6.07, 6.45) is 0.268. The van der Waals surface area contributed by atoms with Crippen molar-refractivity contribution >= 4 is 17.5 Å². The molecule has 0 aromatic heterocycles. The van der Waals surface area contributed by atoms with E-state index in [9.17, 15) is 9.59 Å². The zero-order chi connectivity index (χ0) is 18.7. The van der Waals surface area contributed by atoms with Gasteiger partial charge in [0.05, 0.1) is 11.6 Å². The lowest BCUT2D eigenvalue weighted by Crippen LogP contribution is -2.52. The normalized spacial score (nSPS) is 17.3. The minimum absolute atomic E-state index is 0.0261. The highest BCUT2D eigenvalue weighted by atomic mass is 16.5. The molecule has 2 aromatic carbocycles. The third kappa shape index (κ3) is 4.21. The van der Waals surface area contributed by atoms with Crippen LogP contribution in [0.25, 0.3) is 0 Å². The summed E-state index contributed by atoms with van der Waals surface area (Å²) in [6.45, 7) is 3.71. The van der Waals surface area contributed by atoms with Crippen LogP contribution in [0, 0.1) is 0 Å². The number of amides is 2. The highest BCUT2D eigenvalue weighted by Gasteiger charge is 2.34. The van der Waals surface area contributed by atoms with Crippen LogP contribution in [0.2, 0.25) is 0 Å². The van der Waals surface area contributed by atoms with E-state index >= 15 is 0 Å². The Balaban J connectivity index is 1.64. The maximum Gasteiger partial charge on any atom is 0.239 e. The molecular weight excluding hydrogens is 330 g/mol. The van der Waals surface area contributed by atoms with E-state index in [4.69, 9.17) is 10.5 Å². The molecule has 2 amide bonds. The predicted octanol–water partition coefficient (Wildman–Crippen LogP) is 2.44. The van der Waals surface area contributed by atoms with Gasteiger partial charge in [-0.15, -0.1) is 0 Å². The van der Waals surface area contributed by atoms with Gasteiger partial charge >= 0.3 is 0 Å². The molecule has 6 heteroatoms. The van der Waals surface area contributed by atoms with Crippen LogP contribution in [-0.2, 0) is 9.59 Å². The first-order valence-electron chi connectivity index (χ1n) is 8.56. The average Bonchev–Trinajstić information content (AvgIpc) is 2.96. The number of nitrogens with one attached hydrogen (secondary N) is 1. The molecule has 1 heterocycles. The molecule has 1 aliphatic rings. The van der Waals surface area contributed by atoms with Gasteiger partial charge in [-0.3, -0.25) is 9.59 Å². The number of para-hydroxylation sites is 1. The van der Waals surface area contributed by atoms with Crippen LogP contribution < -0.4 is 20.7 Å². The fourth-order valence-electron chi connectivity index (χ4n) is 2.74. The van der Waals surface area contributed by atoms with E-state index in [2.05, 4.69) is 5.32 Å². The molecule has 3 N–H and O–H groups in total. The van der Waals surface area contributed by atoms with Crippen LogP contribution in [0.5, 0.6) is 11.5 Å². The monoisotopic (exact) mass is 353 g/mol. The van der Waals surface area contributed by atoms with Crippen LogP contribution in [0.15, 0.2) is 54.6 Å². The van der Waals surface area contributed by atoms with E-state index in [0.717, 1.165) is 11.4 Å².